The standard InChI is InChI=1S/C22H25N5O4/c1-13-16(7-6-8-19(13)28)10-26-21(30)27(20(29)22(26,4)5)17-9-23-25(11-17)12-18-14(2)24-31-15(18)3/h6-9,11,28H,10,12H2,1-5H3. The highest BCUT2D eigenvalue weighted by molar-refractivity contribution is 6.22. The maximum atomic E-state index is 13.3. The van der Waals surface area contributed by atoms with Crippen LogP contribution in [0, 0.1) is 20.8 Å². The lowest BCUT2D eigenvalue weighted by Gasteiger charge is -2.28. The van der Waals surface area contributed by atoms with Crippen molar-refractivity contribution in [2.24, 2.45) is 0 Å². The second kappa shape index (κ2) is 7.26. The summed E-state index contributed by atoms with van der Waals surface area (Å²) in [5, 5.41) is 18.3. The second-order valence-corrected chi connectivity index (χ2v) is 8.33. The van der Waals surface area contributed by atoms with Crippen molar-refractivity contribution in [1.29, 1.82) is 0 Å². The normalized spacial score (nSPS) is 15.9. The van der Waals surface area contributed by atoms with E-state index in [4.69, 9.17) is 4.52 Å². The first-order chi connectivity index (χ1) is 14.6. The lowest BCUT2D eigenvalue weighted by Crippen LogP contribution is -2.43. The third-order valence-electron chi connectivity index (χ3n) is 5.95. The predicted molar refractivity (Wildman–Crippen MR) is 113 cm³/mol. The Morgan fingerprint density at radius 2 is 1.87 bits per heavy atom. The van der Waals surface area contributed by atoms with Gasteiger partial charge in [-0.15, -0.1) is 0 Å². The monoisotopic (exact) mass is 423 g/mol. The number of rotatable bonds is 5. The van der Waals surface area contributed by atoms with Gasteiger partial charge in [0.15, 0.2) is 0 Å². The molecule has 0 atom stereocenters. The van der Waals surface area contributed by atoms with Crippen LogP contribution in [0.1, 0.15) is 42.0 Å². The summed E-state index contributed by atoms with van der Waals surface area (Å²) < 4.78 is 6.84. The summed E-state index contributed by atoms with van der Waals surface area (Å²) in [6.07, 6.45) is 3.17. The molecule has 1 saturated heterocycles. The quantitative estimate of drug-likeness (QED) is 0.632. The zero-order valence-corrected chi connectivity index (χ0v) is 18.2. The molecule has 0 radical (unpaired) electrons. The molecule has 9 nitrogen and oxygen atoms in total. The summed E-state index contributed by atoms with van der Waals surface area (Å²) in [5.74, 6) is 0.537. The minimum Gasteiger partial charge on any atom is -0.508 e. The van der Waals surface area contributed by atoms with E-state index in [1.807, 2.05) is 19.9 Å². The number of nitrogens with zero attached hydrogens (tertiary/aromatic N) is 5. The van der Waals surface area contributed by atoms with Gasteiger partial charge in [-0.25, -0.2) is 9.69 Å². The number of aromatic nitrogens is 3. The molecule has 0 unspecified atom stereocenters. The van der Waals surface area contributed by atoms with E-state index >= 15 is 0 Å². The largest absolute Gasteiger partial charge is 0.508 e. The summed E-state index contributed by atoms with van der Waals surface area (Å²) in [4.78, 5) is 29.1. The topological polar surface area (TPSA) is 105 Å². The fraction of sp³-hybridized carbons (Fsp3) is 0.364. The van der Waals surface area contributed by atoms with Crippen LogP contribution >= 0.6 is 0 Å². The van der Waals surface area contributed by atoms with Crippen LogP contribution in [0.5, 0.6) is 5.75 Å². The Labute approximate surface area is 179 Å². The fourth-order valence-corrected chi connectivity index (χ4v) is 3.78. The summed E-state index contributed by atoms with van der Waals surface area (Å²) >= 11 is 0. The molecule has 0 spiro atoms. The summed E-state index contributed by atoms with van der Waals surface area (Å²) in [7, 11) is 0. The van der Waals surface area contributed by atoms with Crippen LogP contribution in [0.2, 0.25) is 0 Å². The number of carbonyl (C=O) groups excluding carboxylic acids is 2. The van der Waals surface area contributed by atoms with Crippen molar-refractivity contribution in [3.63, 3.8) is 0 Å². The van der Waals surface area contributed by atoms with E-state index in [1.165, 1.54) is 11.1 Å². The Kier molecular flexibility index (Phi) is 4.83. The van der Waals surface area contributed by atoms with E-state index in [9.17, 15) is 14.7 Å². The average molecular weight is 423 g/mol. The molecule has 3 heterocycles. The number of aryl methyl sites for hydroxylation is 2. The molecular formula is C22H25N5O4. The molecule has 9 heteroatoms. The van der Waals surface area contributed by atoms with Gasteiger partial charge >= 0.3 is 6.03 Å². The Morgan fingerprint density at radius 3 is 2.55 bits per heavy atom. The average Bonchev–Trinajstić information content (AvgIpc) is 3.34. The maximum absolute atomic E-state index is 13.3. The molecule has 162 valence electrons. The molecule has 4 rings (SSSR count). The number of amides is 3. The fourth-order valence-electron chi connectivity index (χ4n) is 3.78. The molecule has 1 aliphatic heterocycles. The van der Waals surface area contributed by atoms with E-state index in [-0.39, 0.29) is 18.2 Å². The van der Waals surface area contributed by atoms with E-state index in [1.54, 1.807) is 43.8 Å². The lowest BCUT2D eigenvalue weighted by molar-refractivity contribution is -0.123. The van der Waals surface area contributed by atoms with Gasteiger partial charge in [-0.05, 0) is 51.8 Å². The summed E-state index contributed by atoms with van der Waals surface area (Å²) in [6, 6.07) is 4.74. The Morgan fingerprint density at radius 1 is 1.13 bits per heavy atom. The smallest absolute Gasteiger partial charge is 0.332 e. The Balaban J connectivity index is 1.61. The highest BCUT2D eigenvalue weighted by Gasteiger charge is 2.52. The van der Waals surface area contributed by atoms with E-state index < -0.39 is 11.6 Å². The van der Waals surface area contributed by atoms with Gasteiger partial charge in [0.2, 0.25) is 0 Å². The van der Waals surface area contributed by atoms with Crippen molar-refractivity contribution >= 4 is 17.6 Å². The summed E-state index contributed by atoms with van der Waals surface area (Å²) in [6.45, 7) is 9.55. The molecule has 1 aromatic carbocycles. The van der Waals surface area contributed by atoms with Gasteiger partial charge in [-0.1, -0.05) is 17.3 Å². The molecule has 1 fully saturated rings. The highest BCUT2D eigenvalue weighted by atomic mass is 16.5. The molecule has 0 aliphatic carbocycles. The highest BCUT2D eigenvalue weighted by Crippen LogP contribution is 2.34. The predicted octanol–water partition coefficient (Wildman–Crippen LogP) is 3.30. The molecule has 3 aromatic rings. The van der Waals surface area contributed by atoms with Gasteiger partial charge < -0.3 is 14.5 Å². The van der Waals surface area contributed by atoms with Crippen LogP contribution in [0.3, 0.4) is 0 Å². The number of phenolic OH excluding ortho intramolecular Hbond substituents is 1. The van der Waals surface area contributed by atoms with Crippen LogP contribution in [-0.2, 0) is 17.9 Å². The Hall–Kier alpha value is -3.62. The van der Waals surface area contributed by atoms with Gasteiger partial charge in [0.05, 0.1) is 24.1 Å². The first kappa shape index (κ1) is 20.6. The van der Waals surface area contributed by atoms with Gasteiger partial charge in [0.25, 0.3) is 5.91 Å². The third kappa shape index (κ3) is 3.35. The number of carbonyl (C=O) groups is 2. The SMILES string of the molecule is Cc1noc(C)c1Cn1cc(N2C(=O)N(Cc3cccc(O)c3C)C(C)(C)C2=O)cn1. The van der Waals surface area contributed by atoms with Gasteiger partial charge in [-0.2, -0.15) is 5.10 Å². The molecule has 1 aliphatic rings. The molecule has 0 saturated carbocycles. The molecule has 2 aromatic heterocycles. The van der Waals surface area contributed by atoms with Gasteiger partial charge in [-0.3, -0.25) is 9.48 Å². The number of aromatic hydroxyl groups is 1. The zero-order chi connectivity index (χ0) is 22.5. The van der Waals surface area contributed by atoms with Crippen molar-refractivity contribution in [2.75, 3.05) is 4.90 Å². The number of hydrogen-bond acceptors (Lipinski definition) is 6. The van der Waals surface area contributed by atoms with Crippen molar-refractivity contribution < 1.29 is 19.2 Å². The number of anilines is 1. The molecule has 31 heavy (non-hydrogen) atoms. The number of imide groups is 1. The third-order valence-corrected chi connectivity index (χ3v) is 5.95. The number of benzene rings is 1. The minimum atomic E-state index is -1.04. The van der Waals surface area contributed by atoms with Crippen LogP contribution in [0.4, 0.5) is 10.5 Å². The van der Waals surface area contributed by atoms with Crippen molar-refractivity contribution in [2.45, 2.75) is 53.2 Å². The Bertz CT molecular complexity index is 1160. The molecular weight excluding hydrogens is 398 g/mol. The van der Waals surface area contributed by atoms with Gasteiger partial charge in [0.1, 0.15) is 17.0 Å². The summed E-state index contributed by atoms with van der Waals surface area (Å²) in [5.41, 5.74) is 2.52. The van der Waals surface area contributed by atoms with Crippen LogP contribution in [0.25, 0.3) is 0 Å². The van der Waals surface area contributed by atoms with Crippen molar-refractivity contribution in [1.82, 2.24) is 19.8 Å². The first-order valence-electron chi connectivity index (χ1n) is 9.99. The maximum Gasteiger partial charge on any atom is 0.332 e. The number of urea groups is 1. The number of phenols is 1. The van der Waals surface area contributed by atoms with Crippen LogP contribution in [-0.4, -0.2) is 42.4 Å². The molecule has 0 bridgehead atoms. The van der Waals surface area contributed by atoms with Crippen molar-refractivity contribution in [3.05, 3.63) is 58.7 Å². The zero-order valence-electron chi connectivity index (χ0n) is 18.2. The minimum absolute atomic E-state index is 0.158. The first-order valence-corrected chi connectivity index (χ1v) is 9.99. The molecule has 1 N–H and O–H groups in total. The van der Waals surface area contributed by atoms with E-state index in [2.05, 4.69) is 10.3 Å². The lowest BCUT2D eigenvalue weighted by atomic mass is 10.0. The van der Waals surface area contributed by atoms with Crippen LogP contribution < -0.4 is 4.90 Å². The van der Waals surface area contributed by atoms with E-state index in [0.717, 1.165) is 21.7 Å². The number of hydrogen-bond donors (Lipinski definition) is 1. The molecule has 3 amide bonds. The van der Waals surface area contributed by atoms with Crippen molar-refractivity contribution in [3.8, 4) is 5.75 Å². The second-order valence-electron chi connectivity index (χ2n) is 8.33. The van der Waals surface area contributed by atoms with E-state index in [0.29, 0.717) is 23.6 Å². The van der Waals surface area contributed by atoms with Gasteiger partial charge in [0, 0.05) is 18.3 Å². The van der Waals surface area contributed by atoms with Crippen LogP contribution in [0.15, 0.2) is 35.1 Å².